The van der Waals surface area contributed by atoms with Gasteiger partial charge in [-0.25, -0.2) is 9.78 Å². The Bertz CT molecular complexity index is 626. The molecule has 0 radical (unpaired) electrons. The third kappa shape index (κ3) is 1.93. The number of carboxylic acids is 1. The summed E-state index contributed by atoms with van der Waals surface area (Å²) in [4.78, 5) is 15.1. The van der Waals surface area contributed by atoms with E-state index < -0.39 is 5.97 Å². The van der Waals surface area contributed by atoms with Crippen molar-refractivity contribution in [2.75, 3.05) is 0 Å². The number of carboxylic acid groups (broad SMARTS) is 1. The summed E-state index contributed by atoms with van der Waals surface area (Å²) in [5.41, 5.74) is 3.76. The Morgan fingerprint density at radius 2 is 2.17 bits per heavy atom. The molecule has 18 heavy (non-hydrogen) atoms. The minimum absolute atomic E-state index is 0.145. The summed E-state index contributed by atoms with van der Waals surface area (Å²) < 4.78 is 1.58. The molecule has 1 N–H and O–H groups in total. The molecule has 1 heterocycles. The molecule has 1 aromatic heterocycles. The van der Waals surface area contributed by atoms with E-state index >= 15 is 0 Å². The highest BCUT2D eigenvalue weighted by atomic mass is 16.4. The van der Waals surface area contributed by atoms with Crippen molar-refractivity contribution in [1.29, 1.82) is 0 Å². The Hall–Kier alpha value is -2.36. The number of imidazole rings is 1. The first-order valence-corrected chi connectivity index (χ1v) is 5.54. The van der Waals surface area contributed by atoms with Crippen LogP contribution in [0, 0.1) is 6.92 Å². The molecular weight excluding hydrogens is 228 g/mol. The second kappa shape index (κ2) is 4.49. The molecule has 2 rings (SSSR count). The molecule has 0 aliphatic heterocycles. The van der Waals surface area contributed by atoms with Gasteiger partial charge in [0, 0.05) is 5.56 Å². The smallest absolute Gasteiger partial charge is 0.354 e. The number of rotatable bonds is 3. The average Bonchev–Trinajstić information content (AvgIpc) is 2.77. The van der Waals surface area contributed by atoms with E-state index in [0.717, 1.165) is 22.4 Å². The van der Waals surface area contributed by atoms with Gasteiger partial charge in [0.1, 0.15) is 0 Å². The van der Waals surface area contributed by atoms with Crippen molar-refractivity contribution in [2.24, 2.45) is 0 Å². The van der Waals surface area contributed by atoms with Gasteiger partial charge in [0.25, 0.3) is 0 Å². The van der Waals surface area contributed by atoms with E-state index in [1.165, 1.54) is 12.5 Å². The van der Waals surface area contributed by atoms with Gasteiger partial charge in [0.05, 0.1) is 18.2 Å². The number of nitrogens with zero attached hydrogens (tertiary/aromatic N) is 2. The van der Waals surface area contributed by atoms with E-state index in [2.05, 4.69) is 11.6 Å². The van der Waals surface area contributed by atoms with Gasteiger partial charge in [0.2, 0.25) is 0 Å². The second-order valence-electron chi connectivity index (χ2n) is 4.21. The lowest BCUT2D eigenvalue weighted by Gasteiger charge is -2.14. The summed E-state index contributed by atoms with van der Waals surface area (Å²) in [5, 5.41) is 9.15. The summed E-state index contributed by atoms with van der Waals surface area (Å²) in [7, 11) is 0. The van der Waals surface area contributed by atoms with Crippen LogP contribution in [0.5, 0.6) is 0 Å². The summed E-state index contributed by atoms with van der Waals surface area (Å²) in [6.45, 7) is 7.77. The number of carbonyl (C=O) groups is 1. The first-order chi connectivity index (χ1) is 8.52. The zero-order valence-corrected chi connectivity index (χ0v) is 10.3. The van der Waals surface area contributed by atoms with Gasteiger partial charge in [-0.3, -0.25) is 4.57 Å². The number of hydrogen-bond acceptors (Lipinski definition) is 2. The zero-order chi connectivity index (χ0) is 13.3. The molecule has 0 saturated heterocycles. The lowest BCUT2D eigenvalue weighted by Crippen LogP contribution is -2.08. The lowest BCUT2D eigenvalue weighted by molar-refractivity contribution is 0.0688. The fourth-order valence-corrected chi connectivity index (χ4v) is 1.95. The van der Waals surface area contributed by atoms with Crippen LogP contribution in [-0.2, 0) is 0 Å². The lowest BCUT2D eigenvalue weighted by atomic mass is 10.0. The maximum atomic E-state index is 11.2. The van der Waals surface area contributed by atoms with Crippen LogP contribution in [0.3, 0.4) is 0 Å². The Balaban J connectivity index is 2.74. The molecule has 0 saturated carbocycles. The molecule has 92 valence electrons. The highest BCUT2D eigenvalue weighted by Gasteiger charge is 2.15. The number of allylic oxidation sites excluding steroid dienone is 1. The zero-order valence-electron chi connectivity index (χ0n) is 10.3. The fourth-order valence-electron chi connectivity index (χ4n) is 1.95. The van der Waals surface area contributed by atoms with Gasteiger partial charge < -0.3 is 5.11 Å². The Morgan fingerprint density at radius 1 is 1.44 bits per heavy atom. The molecule has 0 bridgehead atoms. The monoisotopic (exact) mass is 242 g/mol. The second-order valence-corrected chi connectivity index (χ2v) is 4.21. The van der Waals surface area contributed by atoms with Gasteiger partial charge in [0.15, 0.2) is 5.69 Å². The van der Waals surface area contributed by atoms with Crippen molar-refractivity contribution in [3.63, 3.8) is 0 Å². The van der Waals surface area contributed by atoms with Crippen molar-refractivity contribution in [2.45, 2.75) is 13.8 Å². The van der Waals surface area contributed by atoms with E-state index in [-0.39, 0.29) is 5.69 Å². The summed E-state index contributed by atoms with van der Waals surface area (Å²) in [6, 6.07) is 5.80. The molecule has 0 aliphatic carbocycles. The van der Waals surface area contributed by atoms with E-state index in [0.29, 0.717) is 0 Å². The molecule has 0 unspecified atom stereocenters. The normalized spacial score (nSPS) is 10.3. The van der Waals surface area contributed by atoms with E-state index in [4.69, 9.17) is 5.11 Å². The number of aromatic nitrogens is 2. The first-order valence-electron chi connectivity index (χ1n) is 5.54. The average molecular weight is 242 g/mol. The van der Waals surface area contributed by atoms with Gasteiger partial charge in [-0.05, 0) is 25.0 Å². The van der Waals surface area contributed by atoms with E-state index in [1.807, 2.05) is 32.0 Å². The highest BCUT2D eigenvalue weighted by molar-refractivity contribution is 5.87. The Morgan fingerprint density at radius 3 is 2.78 bits per heavy atom. The van der Waals surface area contributed by atoms with Crippen molar-refractivity contribution in [1.82, 2.24) is 9.55 Å². The fraction of sp³-hybridized carbons (Fsp3) is 0.143. The standard InChI is InChI=1S/C14H14N2O2/c1-9(2)11-6-4-5-10(3)13(11)16-8-15-7-12(16)14(17)18/h4-8H,1H2,2-3H3,(H,17,18). The number of aryl methyl sites for hydroxylation is 1. The number of aromatic carboxylic acids is 1. The molecule has 0 fully saturated rings. The van der Waals surface area contributed by atoms with E-state index in [1.54, 1.807) is 4.57 Å². The maximum absolute atomic E-state index is 11.2. The quantitative estimate of drug-likeness (QED) is 0.900. The van der Waals surface area contributed by atoms with Crippen LogP contribution in [0.1, 0.15) is 28.5 Å². The molecule has 4 heteroatoms. The minimum Gasteiger partial charge on any atom is -0.477 e. The van der Waals surface area contributed by atoms with Crippen molar-refractivity contribution >= 4 is 11.5 Å². The minimum atomic E-state index is -0.997. The van der Waals surface area contributed by atoms with E-state index in [9.17, 15) is 4.79 Å². The molecule has 1 aromatic carbocycles. The molecule has 0 atom stereocenters. The molecule has 4 nitrogen and oxygen atoms in total. The van der Waals surface area contributed by atoms with Crippen LogP contribution >= 0.6 is 0 Å². The largest absolute Gasteiger partial charge is 0.477 e. The van der Waals surface area contributed by atoms with Crippen LogP contribution in [-0.4, -0.2) is 20.6 Å². The van der Waals surface area contributed by atoms with Crippen LogP contribution in [0.4, 0.5) is 0 Å². The van der Waals surface area contributed by atoms with Crippen LogP contribution in [0.25, 0.3) is 11.3 Å². The molecule has 0 spiro atoms. The van der Waals surface area contributed by atoms with Crippen molar-refractivity contribution in [3.05, 3.63) is 54.1 Å². The van der Waals surface area contributed by atoms with Crippen molar-refractivity contribution in [3.8, 4) is 5.69 Å². The summed E-state index contributed by atoms with van der Waals surface area (Å²) in [5.74, 6) is -0.997. The number of para-hydroxylation sites is 1. The maximum Gasteiger partial charge on any atom is 0.354 e. The van der Waals surface area contributed by atoms with Gasteiger partial charge in [-0.2, -0.15) is 0 Å². The highest BCUT2D eigenvalue weighted by Crippen LogP contribution is 2.25. The van der Waals surface area contributed by atoms with Crippen LogP contribution in [0.15, 0.2) is 37.3 Å². The first kappa shape index (κ1) is 12.1. The predicted molar refractivity (Wildman–Crippen MR) is 70.0 cm³/mol. The van der Waals surface area contributed by atoms with Crippen LogP contribution < -0.4 is 0 Å². The molecule has 0 amide bonds. The summed E-state index contributed by atoms with van der Waals surface area (Å²) in [6.07, 6.45) is 2.86. The molecule has 0 aliphatic rings. The Kier molecular flexibility index (Phi) is 3.02. The third-order valence-corrected chi connectivity index (χ3v) is 2.80. The topological polar surface area (TPSA) is 55.1 Å². The van der Waals surface area contributed by atoms with Gasteiger partial charge >= 0.3 is 5.97 Å². The van der Waals surface area contributed by atoms with Gasteiger partial charge in [-0.1, -0.05) is 24.8 Å². The van der Waals surface area contributed by atoms with Gasteiger partial charge in [-0.15, -0.1) is 0 Å². The Labute approximate surface area is 105 Å². The predicted octanol–water partition coefficient (Wildman–Crippen LogP) is 2.91. The number of benzene rings is 1. The number of hydrogen-bond donors (Lipinski definition) is 1. The van der Waals surface area contributed by atoms with Crippen molar-refractivity contribution < 1.29 is 9.90 Å². The summed E-state index contributed by atoms with van der Waals surface area (Å²) >= 11 is 0. The molecule has 2 aromatic rings. The SMILES string of the molecule is C=C(C)c1cccc(C)c1-n1cncc1C(=O)O. The van der Waals surface area contributed by atoms with Crippen LogP contribution in [0.2, 0.25) is 0 Å². The third-order valence-electron chi connectivity index (χ3n) is 2.80. The molecular formula is C14H14N2O2.